The molecule has 0 aliphatic carbocycles. The third-order valence-corrected chi connectivity index (χ3v) is 8.80. The number of hydrogen-bond donors (Lipinski definition) is 0. The second kappa shape index (κ2) is 7.72. The van der Waals surface area contributed by atoms with E-state index in [9.17, 15) is 0 Å². The van der Waals surface area contributed by atoms with Crippen LogP contribution in [-0.2, 0) is 21.3 Å². The Morgan fingerprint density at radius 3 is 1.21 bits per heavy atom. The second-order valence-electron chi connectivity index (χ2n) is 6.07. The van der Waals surface area contributed by atoms with E-state index in [4.69, 9.17) is 0 Å². The molecule has 0 spiro atoms. The summed E-state index contributed by atoms with van der Waals surface area (Å²) in [5.41, 5.74) is 9.14. The van der Waals surface area contributed by atoms with Crippen molar-refractivity contribution in [1.29, 1.82) is 0 Å². The topological polar surface area (TPSA) is 0 Å². The van der Waals surface area contributed by atoms with Crippen LogP contribution in [0.3, 0.4) is 0 Å². The van der Waals surface area contributed by atoms with Crippen molar-refractivity contribution in [3.63, 3.8) is 0 Å². The maximum absolute atomic E-state index is 2.35. The van der Waals surface area contributed by atoms with Gasteiger partial charge in [-0.25, -0.2) is 0 Å². The predicted octanol–water partition coefficient (Wildman–Crippen LogP) is 4.48. The van der Waals surface area contributed by atoms with Gasteiger partial charge in [0.25, 0.3) is 0 Å². The van der Waals surface area contributed by atoms with Crippen molar-refractivity contribution in [3.8, 4) is 11.1 Å². The van der Waals surface area contributed by atoms with Crippen LogP contribution in [0.4, 0.5) is 0 Å². The Hall–Kier alpha value is -1.30. The van der Waals surface area contributed by atoms with E-state index in [2.05, 4.69) is 72.8 Å². The second-order valence-corrected chi connectivity index (χ2v) is 10.2. The normalized spacial score (nSPS) is 14.5. The van der Waals surface area contributed by atoms with Gasteiger partial charge in [-0.3, -0.25) is 0 Å². The molecule has 0 amide bonds. The van der Waals surface area contributed by atoms with Gasteiger partial charge in [0.2, 0.25) is 0 Å². The van der Waals surface area contributed by atoms with Crippen LogP contribution in [-0.4, -0.2) is 29.9 Å². The number of hydrogen-bond acceptors (Lipinski definition) is 0. The van der Waals surface area contributed by atoms with Crippen LogP contribution in [0, 0.1) is 0 Å². The first-order valence-corrected chi connectivity index (χ1v) is 13.1. The monoisotopic (exact) mass is 444 g/mol. The SMILES string of the molecule is c1ccc2c(c1)C[Se]Cc1ccccc1-c1ccccc1C[Se]C2. The Balaban J connectivity index is 1.75. The van der Waals surface area contributed by atoms with E-state index < -0.39 is 0 Å². The van der Waals surface area contributed by atoms with Gasteiger partial charge in [-0.05, 0) is 0 Å². The van der Waals surface area contributed by atoms with E-state index in [1.54, 1.807) is 11.1 Å². The molecule has 0 unspecified atom stereocenters. The van der Waals surface area contributed by atoms with E-state index in [0.717, 1.165) is 0 Å². The van der Waals surface area contributed by atoms with Crippen LogP contribution in [0.1, 0.15) is 22.3 Å². The minimum absolute atomic E-state index is 0.618. The van der Waals surface area contributed by atoms with Gasteiger partial charge >= 0.3 is 157 Å². The zero-order valence-electron chi connectivity index (χ0n) is 13.6. The van der Waals surface area contributed by atoms with E-state index in [1.807, 2.05) is 0 Å². The average molecular weight is 442 g/mol. The standard InChI is InChI=1S/C22H20Se2/c1-2-8-18-14-24-16-20-10-4-6-12-22(20)21-11-5-3-9-19(21)15-23-13-17(18)7-1/h1-12H,13-16H2. The van der Waals surface area contributed by atoms with Crippen LogP contribution in [0.15, 0.2) is 72.8 Å². The maximum atomic E-state index is 2.35. The van der Waals surface area contributed by atoms with Crippen molar-refractivity contribution in [2.45, 2.75) is 21.3 Å². The van der Waals surface area contributed by atoms with E-state index in [0.29, 0.717) is 29.9 Å². The molecule has 0 fully saturated rings. The molecule has 120 valence electrons. The van der Waals surface area contributed by atoms with Crippen molar-refractivity contribution >= 4 is 29.9 Å². The Morgan fingerprint density at radius 1 is 0.417 bits per heavy atom. The first kappa shape index (κ1) is 16.2. The third-order valence-electron chi connectivity index (χ3n) is 4.47. The first-order chi connectivity index (χ1) is 11.9. The van der Waals surface area contributed by atoms with Gasteiger partial charge in [-0.2, -0.15) is 0 Å². The molecule has 0 nitrogen and oxygen atoms in total. The van der Waals surface area contributed by atoms with Gasteiger partial charge in [-0.1, -0.05) is 0 Å². The molecule has 0 N–H and O–H groups in total. The predicted molar refractivity (Wildman–Crippen MR) is 105 cm³/mol. The molecule has 1 aliphatic heterocycles. The molecule has 3 aromatic carbocycles. The molecule has 2 heteroatoms. The van der Waals surface area contributed by atoms with Crippen LogP contribution >= 0.6 is 0 Å². The number of rotatable bonds is 0. The van der Waals surface area contributed by atoms with Crippen LogP contribution in [0.5, 0.6) is 0 Å². The summed E-state index contributed by atoms with van der Waals surface area (Å²) < 4.78 is 0. The molecule has 4 rings (SSSR count). The summed E-state index contributed by atoms with van der Waals surface area (Å²) in [4.78, 5) is 0. The molecule has 3 aromatic rings. The molecule has 1 heterocycles. The number of fused-ring (bicyclic) bond motifs is 4. The van der Waals surface area contributed by atoms with E-state index in [1.165, 1.54) is 43.5 Å². The number of benzene rings is 3. The third kappa shape index (κ3) is 3.53. The van der Waals surface area contributed by atoms with Crippen molar-refractivity contribution in [3.05, 3.63) is 95.1 Å². The van der Waals surface area contributed by atoms with Gasteiger partial charge in [-0.15, -0.1) is 0 Å². The van der Waals surface area contributed by atoms with E-state index >= 15 is 0 Å². The summed E-state index contributed by atoms with van der Waals surface area (Å²) >= 11 is 1.24. The molecule has 0 saturated heterocycles. The van der Waals surface area contributed by atoms with Gasteiger partial charge < -0.3 is 0 Å². The van der Waals surface area contributed by atoms with Crippen molar-refractivity contribution < 1.29 is 0 Å². The summed E-state index contributed by atoms with van der Waals surface area (Å²) in [6, 6.07) is 27.2. The molecule has 0 saturated carbocycles. The summed E-state index contributed by atoms with van der Waals surface area (Å²) in [6.07, 6.45) is 0. The molecule has 24 heavy (non-hydrogen) atoms. The Kier molecular flexibility index (Phi) is 5.21. The van der Waals surface area contributed by atoms with E-state index in [-0.39, 0.29) is 0 Å². The van der Waals surface area contributed by atoms with Gasteiger partial charge in [0.15, 0.2) is 0 Å². The van der Waals surface area contributed by atoms with Gasteiger partial charge in [0, 0.05) is 0 Å². The first-order valence-electron chi connectivity index (χ1n) is 8.30. The summed E-state index contributed by atoms with van der Waals surface area (Å²) in [6.45, 7) is 0. The Morgan fingerprint density at radius 2 is 0.750 bits per heavy atom. The molecule has 0 radical (unpaired) electrons. The zero-order valence-corrected chi connectivity index (χ0v) is 17.0. The Labute approximate surface area is 157 Å². The average Bonchev–Trinajstić information content (AvgIpc) is 2.63. The van der Waals surface area contributed by atoms with Crippen molar-refractivity contribution in [1.82, 2.24) is 0 Å². The van der Waals surface area contributed by atoms with Gasteiger partial charge in [0.05, 0.1) is 0 Å². The fourth-order valence-corrected chi connectivity index (χ4v) is 7.71. The van der Waals surface area contributed by atoms with Crippen LogP contribution in [0.25, 0.3) is 11.1 Å². The molecule has 0 atom stereocenters. The molecule has 0 aromatic heterocycles. The molecule has 0 bridgehead atoms. The molecular formula is C22H20Se2. The van der Waals surface area contributed by atoms with Gasteiger partial charge in [0.1, 0.15) is 0 Å². The van der Waals surface area contributed by atoms with Crippen molar-refractivity contribution in [2.24, 2.45) is 0 Å². The summed E-state index contributed by atoms with van der Waals surface area (Å²) in [7, 11) is 0. The molecular weight excluding hydrogens is 422 g/mol. The Bertz CT molecular complexity index is 768. The van der Waals surface area contributed by atoms with Crippen LogP contribution < -0.4 is 0 Å². The molecule has 1 aliphatic rings. The fourth-order valence-electron chi connectivity index (χ4n) is 3.20. The quantitative estimate of drug-likeness (QED) is 0.451. The van der Waals surface area contributed by atoms with Crippen molar-refractivity contribution in [2.75, 3.05) is 0 Å². The minimum atomic E-state index is 0.618. The fraction of sp³-hybridized carbons (Fsp3) is 0.182. The summed E-state index contributed by atoms with van der Waals surface area (Å²) in [5.74, 6) is 0. The summed E-state index contributed by atoms with van der Waals surface area (Å²) in [5, 5.41) is 4.96. The van der Waals surface area contributed by atoms with Crippen LogP contribution in [0.2, 0.25) is 0 Å². The zero-order chi connectivity index (χ0) is 16.2.